The van der Waals surface area contributed by atoms with E-state index < -0.39 is 0 Å². The molecule has 2 aliphatic carbocycles. The number of fused-ring (bicyclic) bond motifs is 6. The molecule has 0 saturated carbocycles. The molecule has 1 heteroatoms. The second-order valence-electron chi connectivity index (χ2n) is 12.3. The standard InChI is InChI=1S/C40H47N/c1-2-3-4-5-6-7-8-9-10-11-12-17-28-41(39-26-18-24-35-33-22-15-13-20-31(33)29-37(35)39)40-27-19-25-36-34-23-16-14-21-32(34)30-38(36)40/h13-16,18-27H,2-12,17,28-30H2,1H3. The normalized spacial score (nSPS) is 12.6. The molecule has 212 valence electrons. The number of benzene rings is 4. The molecule has 0 heterocycles. The monoisotopic (exact) mass is 541 g/mol. The number of hydrogen-bond donors (Lipinski definition) is 0. The van der Waals surface area contributed by atoms with E-state index in [1.54, 1.807) is 0 Å². The molecule has 0 radical (unpaired) electrons. The van der Waals surface area contributed by atoms with Gasteiger partial charge in [-0.1, -0.05) is 150 Å². The van der Waals surface area contributed by atoms with Gasteiger partial charge in [0.2, 0.25) is 0 Å². The maximum Gasteiger partial charge on any atom is 0.0453 e. The van der Waals surface area contributed by atoms with Crippen molar-refractivity contribution in [3.05, 3.63) is 107 Å². The van der Waals surface area contributed by atoms with Crippen LogP contribution in [0.2, 0.25) is 0 Å². The van der Waals surface area contributed by atoms with Gasteiger partial charge in [0.05, 0.1) is 0 Å². The Morgan fingerprint density at radius 2 is 0.854 bits per heavy atom. The van der Waals surface area contributed by atoms with Gasteiger partial charge >= 0.3 is 0 Å². The summed E-state index contributed by atoms with van der Waals surface area (Å²) in [7, 11) is 0. The predicted octanol–water partition coefficient (Wildman–Crippen LogP) is 11.7. The maximum absolute atomic E-state index is 2.69. The predicted molar refractivity (Wildman–Crippen MR) is 177 cm³/mol. The summed E-state index contributed by atoms with van der Waals surface area (Å²) in [5.41, 5.74) is 14.4. The van der Waals surface area contributed by atoms with Crippen LogP contribution in [-0.2, 0) is 12.8 Å². The summed E-state index contributed by atoms with van der Waals surface area (Å²) in [5, 5.41) is 0. The molecule has 4 aromatic rings. The molecule has 0 fully saturated rings. The van der Waals surface area contributed by atoms with Crippen LogP contribution in [0.5, 0.6) is 0 Å². The van der Waals surface area contributed by atoms with Crippen molar-refractivity contribution in [1.82, 2.24) is 0 Å². The highest BCUT2D eigenvalue weighted by atomic mass is 15.1. The third-order valence-corrected chi connectivity index (χ3v) is 9.47. The van der Waals surface area contributed by atoms with Gasteiger partial charge in [0.15, 0.2) is 0 Å². The van der Waals surface area contributed by atoms with Crippen molar-refractivity contribution in [2.24, 2.45) is 0 Å². The lowest BCUT2D eigenvalue weighted by molar-refractivity contribution is 0.544. The average molecular weight is 542 g/mol. The van der Waals surface area contributed by atoms with E-state index >= 15 is 0 Å². The largest absolute Gasteiger partial charge is 0.341 e. The van der Waals surface area contributed by atoms with E-state index in [9.17, 15) is 0 Å². The summed E-state index contributed by atoms with van der Waals surface area (Å²) < 4.78 is 0. The van der Waals surface area contributed by atoms with Gasteiger partial charge in [0.1, 0.15) is 0 Å². The Hall–Kier alpha value is -3.32. The zero-order chi connectivity index (χ0) is 27.9. The fourth-order valence-corrected chi connectivity index (χ4v) is 7.27. The highest BCUT2D eigenvalue weighted by Crippen LogP contribution is 2.47. The van der Waals surface area contributed by atoms with Gasteiger partial charge in [-0.3, -0.25) is 0 Å². The number of nitrogens with zero attached hydrogens (tertiary/aromatic N) is 1. The summed E-state index contributed by atoms with van der Waals surface area (Å²) in [5.74, 6) is 0. The number of unbranched alkanes of at least 4 members (excludes halogenated alkanes) is 11. The summed E-state index contributed by atoms with van der Waals surface area (Å²) in [4.78, 5) is 2.69. The second kappa shape index (κ2) is 13.6. The first-order valence-corrected chi connectivity index (χ1v) is 16.5. The van der Waals surface area contributed by atoms with Crippen LogP contribution in [0.1, 0.15) is 106 Å². The first-order chi connectivity index (χ1) is 20.3. The van der Waals surface area contributed by atoms with Gasteiger partial charge in [0.25, 0.3) is 0 Å². The van der Waals surface area contributed by atoms with Crippen molar-refractivity contribution in [2.75, 3.05) is 11.4 Å². The van der Waals surface area contributed by atoms with Gasteiger partial charge in [-0.15, -0.1) is 0 Å². The van der Waals surface area contributed by atoms with Gasteiger partial charge in [-0.2, -0.15) is 0 Å². The van der Waals surface area contributed by atoms with E-state index in [-0.39, 0.29) is 0 Å². The summed E-state index contributed by atoms with van der Waals surface area (Å²) in [6.45, 7) is 3.38. The molecule has 0 saturated heterocycles. The molecule has 6 rings (SSSR count). The lowest BCUT2D eigenvalue weighted by atomic mass is 10.0. The Kier molecular flexibility index (Phi) is 9.21. The van der Waals surface area contributed by atoms with Crippen molar-refractivity contribution in [3.8, 4) is 22.3 Å². The fraction of sp³-hybridized carbons (Fsp3) is 0.400. The lowest BCUT2D eigenvalue weighted by Crippen LogP contribution is -2.21. The van der Waals surface area contributed by atoms with E-state index in [0.717, 1.165) is 19.4 Å². The Morgan fingerprint density at radius 1 is 0.439 bits per heavy atom. The zero-order valence-electron chi connectivity index (χ0n) is 25.1. The van der Waals surface area contributed by atoms with E-state index in [1.165, 1.54) is 133 Å². The van der Waals surface area contributed by atoms with Crippen molar-refractivity contribution < 1.29 is 0 Å². The van der Waals surface area contributed by atoms with Crippen molar-refractivity contribution in [1.29, 1.82) is 0 Å². The highest BCUT2D eigenvalue weighted by molar-refractivity contribution is 5.88. The summed E-state index contributed by atoms with van der Waals surface area (Å²) in [6.07, 6.45) is 18.7. The smallest absolute Gasteiger partial charge is 0.0453 e. The van der Waals surface area contributed by atoms with E-state index in [0.29, 0.717) is 0 Å². The van der Waals surface area contributed by atoms with Crippen molar-refractivity contribution >= 4 is 11.4 Å². The Morgan fingerprint density at radius 3 is 1.34 bits per heavy atom. The minimum absolute atomic E-state index is 1.03. The molecule has 0 amide bonds. The second-order valence-corrected chi connectivity index (χ2v) is 12.3. The Balaban J connectivity index is 1.16. The molecule has 41 heavy (non-hydrogen) atoms. The molecule has 0 spiro atoms. The maximum atomic E-state index is 2.69. The highest BCUT2D eigenvalue weighted by Gasteiger charge is 2.27. The number of hydrogen-bond acceptors (Lipinski definition) is 1. The van der Waals surface area contributed by atoms with Crippen LogP contribution in [0.25, 0.3) is 22.3 Å². The van der Waals surface area contributed by atoms with E-state index in [2.05, 4.69) is 96.8 Å². The number of rotatable bonds is 15. The minimum Gasteiger partial charge on any atom is -0.341 e. The molecule has 1 nitrogen and oxygen atoms in total. The van der Waals surface area contributed by atoms with Crippen LogP contribution in [0.4, 0.5) is 11.4 Å². The van der Waals surface area contributed by atoms with Crippen LogP contribution in [0.15, 0.2) is 84.9 Å². The summed E-state index contributed by atoms with van der Waals surface area (Å²) in [6, 6.07) is 32.0. The first kappa shape index (κ1) is 27.8. The molecule has 0 unspecified atom stereocenters. The third-order valence-electron chi connectivity index (χ3n) is 9.47. The van der Waals surface area contributed by atoms with Crippen LogP contribution in [-0.4, -0.2) is 6.54 Å². The molecule has 0 N–H and O–H groups in total. The Labute approximate surface area is 248 Å². The lowest BCUT2D eigenvalue weighted by Gasteiger charge is -2.29. The van der Waals surface area contributed by atoms with Crippen LogP contribution >= 0.6 is 0 Å². The van der Waals surface area contributed by atoms with Gasteiger partial charge in [-0.25, -0.2) is 0 Å². The van der Waals surface area contributed by atoms with Crippen molar-refractivity contribution in [3.63, 3.8) is 0 Å². The third kappa shape index (κ3) is 6.15. The van der Waals surface area contributed by atoms with Gasteiger partial charge in [-0.05, 0) is 63.1 Å². The molecule has 4 aromatic carbocycles. The van der Waals surface area contributed by atoms with Crippen molar-refractivity contribution in [2.45, 2.75) is 96.8 Å². The molecule has 0 atom stereocenters. The van der Waals surface area contributed by atoms with Crippen LogP contribution < -0.4 is 4.90 Å². The number of anilines is 2. The van der Waals surface area contributed by atoms with Crippen LogP contribution in [0.3, 0.4) is 0 Å². The Bertz CT molecular complexity index is 1350. The fourth-order valence-electron chi connectivity index (χ4n) is 7.27. The first-order valence-electron chi connectivity index (χ1n) is 16.5. The van der Waals surface area contributed by atoms with Gasteiger partial charge < -0.3 is 4.90 Å². The quantitative estimate of drug-likeness (QED) is 0.117. The zero-order valence-corrected chi connectivity index (χ0v) is 25.1. The van der Waals surface area contributed by atoms with Gasteiger partial charge in [0, 0.05) is 30.8 Å². The molecular weight excluding hydrogens is 494 g/mol. The SMILES string of the molecule is CCCCCCCCCCCCCCN(c1cccc2c1Cc1ccccc1-2)c1cccc2c1Cc1ccccc1-2. The molecular formula is C40H47N. The van der Waals surface area contributed by atoms with E-state index in [1.807, 2.05) is 0 Å². The molecule has 0 aliphatic heterocycles. The van der Waals surface area contributed by atoms with Crippen LogP contribution in [0, 0.1) is 0 Å². The summed E-state index contributed by atoms with van der Waals surface area (Å²) >= 11 is 0. The minimum atomic E-state index is 1.03. The molecule has 0 aromatic heterocycles. The molecule has 0 bridgehead atoms. The average Bonchev–Trinajstić information content (AvgIpc) is 3.59. The molecule has 2 aliphatic rings. The topological polar surface area (TPSA) is 3.24 Å². The van der Waals surface area contributed by atoms with E-state index in [4.69, 9.17) is 0 Å².